The fraction of sp³-hybridized carbons (Fsp3) is 0.857. The molecule has 0 heterocycles. The van der Waals surface area contributed by atoms with Gasteiger partial charge in [0.05, 0.1) is 0 Å². The lowest BCUT2D eigenvalue weighted by Crippen LogP contribution is -2.41. The highest BCUT2D eigenvalue weighted by Gasteiger charge is 2.37. The number of carbonyl (C=O) groups excluding carboxylic acids is 3. The summed E-state index contributed by atoms with van der Waals surface area (Å²) in [6, 6.07) is 0. The van der Waals surface area contributed by atoms with Crippen molar-refractivity contribution in [1.29, 1.82) is 0 Å². The highest BCUT2D eigenvalue weighted by atomic mass is 16.8. The first kappa shape index (κ1) is 25.8. The molecule has 30 heavy (non-hydrogen) atoms. The van der Waals surface area contributed by atoms with Crippen LogP contribution in [0, 0.1) is 0 Å². The molecule has 174 valence electrons. The second kappa shape index (κ2) is 9.75. The Bertz CT molecular complexity index is 516. The average molecular weight is 433 g/mol. The topological polar surface area (TPSA) is 107 Å². The monoisotopic (exact) mass is 432 g/mol. The van der Waals surface area contributed by atoms with E-state index in [9.17, 15) is 14.4 Å². The first-order valence-corrected chi connectivity index (χ1v) is 10.1. The van der Waals surface area contributed by atoms with Crippen LogP contribution in [-0.4, -0.2) is 53.6 Å². The van der Waals surface area contributed by atoms with Crippen LogP contribution in [0.3, 0.4) is 0 Å². The molecule has 1 fully saturated rings. The van der Waals surface area contributed by atoms with Crippen LogP contribution in [0.15, 0.2) is 0 Å². The van der Waals surface area contributed by atoms with Crippen molar-refractivity contribution in [2.75, 3.05) is 0 Å². The van der Waals surface area contributed by atoms with Crippen molar-refractivity contribution < 1.29 is 42.8 Å². The van der Waals surface area contributed by atoms with E-state index in [2.05, 4.69) is 0 Å². The number of hydrogen-bond donors (Lipinski definition) is 0. The van der Waals surface area contributed by atoms with E-state index >= 15 is 0 Å². The number of ether oxygens (including phenoxy) is 6. The van der Waals surface area contributed by atoms with E-state index in [0.29, 0.717) is 0 Å². The van der Waals surface area contributed by atoms with Gasteiger partial charge in [0.25, 0.3) is 0 Å². The molecule has 0 unspecified atom stereocenters. The zero-order chi connectivity index (χ0) is 23.3. The van der Waals surface area contributed by atoms with Crippen LogP contribution in [0.4, 0.5) is 14.4 Å². The molecule has 0 bridgehead atoms. The predicted molar refractivity (Wildman–Crippen MR) is 107 cm³/mol. The third-order valence-electron chi connectivity index (χ3n) is 3.53. The molecule has 1 rings (SSSR count). The third kappa shape index (κ3) is 11.7. The molecular formula is C21H36O9. The molecule has 0 aliphatic heterocycles. The van der Waals surface area contributed by atoms with E-state index in [1.807, 2.05) is 0 Å². The maximum Gasteiger partial charge on any atom is 0.509 e. The first-order valence-electron chi connectivity index (χ1n) is 10.1. The predicted octanol–water partition coefficient (Wildman–Crippen LogP) is 5.13. The molecule has 1 aliphatic carbocycles. The van der Waals surface area contributed by atoms with Crippen molar-refractivity contribution in [2.45, 2.75) is 117 Å². The Kier molecular flexibility index (Phi) is 8.40. The molecule has 1 saturated carbocycles. The molecule has 0 atom stereocenters. The van der Waals surface area contributed by atoms with Crippen molar-refractivity contribution in [2.24, 2.45) is 0 Å². The van der Waals surface area contributed by atoms with E-state index in [1.165, 1.54) is 0 Å². The minimum absolute atomic E-state index is 0.229. The van der Waals surface area contributed by atoms with Crippen LogP contribution >= 0.6 is 0 Å². The van der Waals surface area contributed by atoms with Gasteiger partial charge in [-0.3, -0.25) is 0 Å². The first-order chi connectivity index (χ1) is 13.4. The van der Waals surface area contributed by atoms with Crippen LogP contribution < -0.4 is 0 Å². The number of carbonyl (C=O) groups is 3. The van der Waals surface area contributed by atoms with Crippen LogP contribution in [0.1, 0.15) is 81.6 Å². The van der Waals surface area contributed by atoms with Gasteiger partial charge in [0.15, 0.2) is 0 Å². The number of hydrogen-bond acceptors (Lipinski definition) is 9. The maximum absolute atomic E-state index is 12.1. The second-order valence-corrected chi connectivity index (χ2v) is 10.3. The van der Waals surface area contributed by atoms with Crippen LogP contribution in [0.25, 0.3) is 0 Å². The normalized spacial score (nSPS) is 22.5. The van der Waals surface area contributed by atoms with Crippen LogP contribution in [0.5, 0.6) is 0 Å². The lowest BCUT2D eigenvalue weighted by atomic mass is 9.92. The van der Waals surface area contributed by atoms with E-state index in [-0.39, 0.29) is 19.3 Å². The van der Waals surface area contributed by atoms with Gasteiger partial charge in [-0.15, -0.1) is 0 Å². The van der Waals surface area contributed by atoms with Gasteiger partial charge in [0.2, 0.25) is 0 Å². The number of rotatable bonds is 3. The van der Waals surface area contributed by atoms with Gasteiger partial charge in [-0.2, -0.15) is 0 Å². The molecule has 0 aromatic carbocycles. The summed E-state index contributed by atoms with van der Waals surface area (Å²) in [5.74, 6) is 0. The molecule has 0 N–H and O–H groups in total. The zero-order valence-electron chi connectivity index (χ0n) is 19.5. The summed E-state index contributed by atoms with van der Waals surface area (Å²) in [6.45, 7) is 15.5. The molecule has 0 aromatic rings. The smallest absolute Gasteiger partial charge is 0.431 e. The van der Waals surface area contributed by atoms with Crippen LogP contribution in [-0.2, 0) is 28.4 Å². The fourth-order valence-electron chi connectivity index (χ4n) is 2.69. The molecule has 9 nitrogen and oxygen atoms in total. The zero-order valence-corrected chi connectivity index (χ0v) is 19.5. The van der Waals surface area contributed by atoms with Crippen LogP contribution in [0.2, 0.25) is 0 Å². The summed E-state index contributed by atoms with van der Waals surface area (Å²) >= 11 is 0. The Balaban J connectivity index is 2.81. The van der Waals surface area contributed by atoms with Gasteiger partial charge >= 0.3 is 18.5 Å². The van der Waals surface area contributed by atoms with Crippen molar-refractivity contribution in [1.82, 2.24) is 0 Å². The molecule has 0 aromatic heterocycles. The van der Waals surface area contributed by atoms with Crippen molar-refractivity contribution in [3.63, 3.8) is 0 Å². The summed E-state index contributed by atoms with van der Waals surface area (Å²) < 4.78 is 31.6. The summed E-state index contributed by atoms with van der Waals surface area (Å²) in [5.41, 5.74) is -2.15. The van der Waals surface area contributed by atoms with Crippen molar-refractivity contribution in [3.8, 4) is 0 Å². The van der Waals surface area contributed by atoms with Gasteiger partial charge in [-0.05, 0) is 62.3 Å². The Hall–Kier alpha value is -2.19. The summed E-state index contributed by atoms with van der Waals surface area (Å²) in [6.07, 6.45) is -3.87. The molecule has 0 radical (unpaired) electrons. The standard InChI is InChI=1S/C21H36O9/c1-19(2,3)28-16(22)25-13-10-14(26-17(23)29-20(4,5)6)12-15(11-13)27-18(24)30-21(7,8)9/h13-15H,10-12H2,1-9H3. The molecular weight excluding hydrogens is 396 g/mol. The second-order valence-electron chi connectivity index (χ2n) is 10.3. The van der Waals surface area contributed by atoms with E-state index < -0.39 is 53.6 Å². The Morgan fingerprint density at radius 2 is 0.700 bits per heavy atom. The average Bonchev–Trinajstić information content (AvgIpc) is 2.39. The lowest BCUT2D eigenvalue weighted by Gasteiger charge is -2.34. The van der Waals surface area contributed by atoms with Gasteiger partial charge in [0.1, 0.15) is 35.1 Å². The lowest BCUT2D eigenvalue weighted by molar-refractivity contribution is -0.0982. The highest BCUT2D eigenvalue weighted by molar-refractivity contribution is 5.62. The van der Waals surface area contributed by atoms with Gasteiger partial charge < -0.3 is 28.4 Å². The van der Waals surface area contributed by atoms with E-state index in [4.69, 9.17) is 28.4 Å². The van der Waals surface area contributed by atoms with E-state index in [1.54, 1.807) is 62.3 Å². The Morgan fingerprint density at radius 1 is 0.500 bits per heavy atom. The SMILES string of the molecule is CC(C)(C)OC(=O)OC1CC(OC(=O)OC(C)(C)C)CC(OC(=O)OC(C)(C)C)C1. The highest BCUT2D eigenvalue weighted by Crippen LogP contribution is 2.28. The molecule has 9 heteroatoms. The van der Waals surface area contributed by atoms with Gasteiger partial charge in [0, 0.05) is 19.3 Å². The quantitative estimate of drug-likeness (QED) is 0.443. The molecule has 0 spiro atoms. The maximum atomic E-state index is 12.1. The Morgan fingerprint density at radius 3 is 0.867 bits per heavy atom. The largest absolute Gasteiger partial charge is 0.509 e. The van der Waals surface area contributed by atoms with E-state index in [0.717, 1.165) is 0 Å². The van der Waals surface area contributed by atoms with Crippen molar-refractivity contribution >= 4 is 18.5 Å². The molecule has 0 saturated heterocycles. The summed E-state index contributed by atoms with van der Waals surface area (Å²) in [4.78, 5) is 36.2. The van der Waals surface area contributed by atoms with Gasteiger partial charge in [-0.25, -0.2) is 14.4 Å². The molecule has 0 amide bonds. The van der Waals surface area contributed by atoms with Crippen molar-refractivity contribution in [3.05, 3.63) is 0 Å². The summed E-state index contributed by atoms with van der Waals surface area (Å²) in [7, 11) is 0. The minimum atomic E-state index is -0.846. The molecule has 1 aliphatic rings. The Labute approximate surface area is 178 Å². The minimum Gasteiger partial charge on any atom is -0.431 e. The van der Waals surface area contributed by atoms with Gasteiger partial charge in [-0.1, -0.05) is 0 Å². The summed E-state index contributed by atoms with van der Waals surface area (Å²) in [5, 5.41) is 0. The fourth-order valence-corrected chi connectivity index (χ4v) is 2.69. The third-order valence-corrected chi connectivity index (χ3v) is 3.53.